The van der Waals surface area contributed by atoms with Gasteiger partial charge in [0.1, 0.15) is 5.78 Å². The predicted molar refractivity (Wildman–Crippen MR) is 82.2 cm³/mol. The van der Waals surface area contributed by atoms with E-state index in [2.05, 4.69) is 0 Å². The summed E-state index contributed by atoms with van der Waals surface area (Å²) in [6, 6.07) is 7.79. The topological polar surface area (TPSA) is 37.4 Å². The molecule has 0 saturated carbocycles. The molecule has 2 rings (SSSR count). The molecule has 0 bridgehead atoms. The van der Waals surface area contributed by atoms with E-state index in [1.807, 2.05) is 35.4 Å². The van der Waals surface area contributed by atoms with Gasteiger partial charge in [-0.05, 0) is 56.7 Å². The van der Waals surface area contributed by atoms with E-state index >= 15 is 0 Å². The highest BCUT2D eigenvalue weighted by molar-refractivity contribution is 7.98. The van der Waals surface area contributed by atoms with Gasteiger partial charge in [-0.15, -0.1) is 11.8 Å². The molecule has 1 aromatic rings. The molecule has 0 N–H and O–H groups in total. The number of carbonyl (C=O) groups excluding carboxylic acids is 2. The lowest BCUT2D eigenvalue weighted by Crippen LogP contribution is -2.44. The monoisotopic (exact) mass is 291 g/mol. The molecular formula is C16H21NO2S. The highest BCUT2D eigenvalue weighted by atomic mass is 32.2. The maximum Gasteiger partial charge on any atom is 0.254 e. The van der Waals surface area contributed by atoms with Gasteiger partial charge in [-0.1, -0.05) is 0 Å². The number of nitrogens with zero attached hydrogens (tertiary/aromatic N) is 1. The first-order valence-corrected chi connectivity index (χ1v) is 8.28. The Morgan fingerprint density at radius 3 is 2.55 bits per heavy atom. The zero-order chi connectivity index (χ0) is 14.5. The summed E-state index contributed by atoms with van der Waals surface area (Å²) in [6.07, 6.45) is 5.57. The van der Waals surface area contributed by atoms with E-state index in [4.69, 9.17) is 0 Å². The first-order valence-electron chi connectivity index (χ1n) is 7.06. The number of likely N-dealkylation sites (tertiary alicyclic amines) is 1. The quantitative estimate of drug-likeness (QED) is 0.798. The van der Waals surface area contributed by atoms with Crippen molar-refractivity contribution in [1.82, 2.24) is 4.90 Å². The normalized spacial score (nSPS) is 18.9. The Hall–Kier alpha value is -1.29. The molecule has 1 atom stereocenters. The SMILES string of the molecule is CSc1ccc(C(=O)N2CCCCC2CC(C)=O)cc1. The average molecular weight is 291 g/mol. The fourth-order valence-electron chi connectivity index (χ4n) is 2.71. The second-order valence-corrected chi connectivity index (χ2v) is 6.16. The Bertz CT molecular complexity index is 484. The molecule has 0 radical (unpaired) electrons. The molecule has 0 aromatic heterocycles. The van der Waals surface area contributed by atoms with Gasteiger partial charge in [0, 0.05) is 29.5 Å². The zero-order valence-corrected chi connectivity index (χ0v) is 12.9. The Morgan fingerprint density at radius 2 is 1.95 bits per heavy atom. The van der Waals surface area contributed by atoms with Crippen molar-refractivity contribution in [1.29, 1.82) is 0 Å². The molecule has 4 heteroatoms. The van der Waals surface area contributed by atoms with Gasteiger partial charge in [0.15, 0.2) is 0 Å². The second kappa shape index (κ2) is 6.93. The molecule has 0 aliphatic carbocycles. The van der Waals surface area contributed by atoms with Crippen LogP contribution in [0.3, 0.4) is 0 Å². The van der Waals surface area contributed by atoms with Crippen LogP contribution in [0.5, 0.6) is 0 Å². The zero-order valence-electron chi connectivity index (χ0n) is 12.1. The van der Waals surface area contributed by atoms with E-state index in [-0.39, 0.29) is 17.7 Å². The van der Waals surface area contributed by atoms with Gasteiger partial charge in [-0.3, -0.25) is 9.59 Å². The van der Waals surface area contributed by atoms with Crippen molar-refractivity contribution in [3.8, 4) is 0 Å². The first kappa shape index (κ1) is 15.1. The minimum Gasteiger partial charge on any atom is -0.335 e. The van der Waals surface area contributed by atoms with Crippen LogP contribution in [0.15, 0.2) is 29.2 Å². The average Bonchev–Trinajstić information content (AvgIpc) is 2.46. The van der Waals surface area contributed by atoms with Gasteiger partial charge in [-0.2, -0.15) is 0 Å². The van der Waals surface area contributed by atoms with Crippen molar-refractivity contribution in [3.05, 3.63) is 29.8 Å². The minimum absolute atomic E-state index is 0.0589. The number of ketones is 1. The van der Waals surface area contributed by atoms with E-state index < -0.39 is 0 Å². The molecule has 3 nitrogen and oxygen atoms in total. The molecular weight excluding hydrogens is 270 g/mol. The van der Waals surface area contributed by atoms with E-state index in [1.165, 1.54) is 0 Å². The van der Waals surface area contributed by atoms with Crippen molar-refractivity contribution < 1.29 is 9.59 Å². The summed E-state index contributed by atoms with van der Waals surface area (Å²) < 4.78 is 0. The molecule has 1 aromatic carbocycles. The van der Waals surface area contributed by atoms with Crippen molar-refractivity contribution in [2.24, 2.45) is 0 Å². The standard InChI is InChI=1S/C16H21NO2S/c1-12(18)11-14-5-3-4-10-17(14)16(19)13-6-8-15(20-2)9-7-13/h6-9,14H,3-5,10-11H2,1-2H3. The third-order valence-corrected chi connectivity index (χ3v) is 4.49. The summed E-state index contributed by atoms with van der Waals surface area (Å²) in [5, 5.41) is 0. The summed E-state index contributed by atoms with van der Waals surface area (Å²) in [6.45, 7) is 2.37. The maximum absolute atomic E-state index is 12.6. The van der Waals surface area contributed by atoms with Crippen LogP contribution in [0.4, 0.5) is 0 Å². The second-order valence-electron chi connectivity index (χ2n) is 5.28. The lowest BCUT2D eigenvalue weighted by molar-refractivity contribution is -0.118. The third kappa shape index (κ3) is 3.63. The van der Waals surface area contributed by atoms with Crippen LogP contribution in [0.2, 0.25) is 0 Å². The van der Waals surface area contributed by atoms with E-state index in [9.17, 15) is 9.59 Å². The molecule has 0 spiro atoms. The number of hydrogen-bond donors (Lipinski definition) is 0. The molecule has 108 valence electrons. The van der Waals surface area contributed by atoms with Gasteiger partial charge >= 0.3 is 0 Å². The summed E-state index contributed by atoms with van der Waals surface area (Å²) in [5.41, 5.74) is 0.721. The summed E-state index contributed by atoms with van der Waals surface area (Å²) >= 11 is 1.66. The van der Waals surface area contributed by atoms with Gasteiger partial charge < -0.3 is 4.90 Å². The Kier molecular flexibility index (Phi) is 5.24. The number of thioether (sulfide) groups is 1. The Labute approximate surface area is 124 Å². The predicted octanol–water partition coefficient (Wildman–Crippen LogP) is 3.38. The van der Waals surface area contributed by atoms with E-state index in [0.717, 1.165) is 36.3 Å². The van der Waals surface area contributed by atoms with Gasteiger partial charge in [0.25, 0.3) is 5.91 Å². The summed E-state index contributed by atoms with van der Waals surface area (Å²) in [4.78, 5) is 27.0. The van der Waals surface area contributed by atoms with Crippen LogP contribution in [-0.2, 0) is 4.79 Å². The van der Waals surface area contributed by atoms with Crippen LogP contribution in [0.25, 0.3) is 0 Å². The lowest BCUT2D eigenvalue weighted by Gasteiger charge is -2.35. The Balaban J connectivity index is 2.13. The van der Waals surface area contributed by atoms with Gasteiger partial charge in [-0.25, -0.2) is 0 Å². The van der Waals surface area contributed by atoms with Crippen molar-refractivity contribution >= 4 is 23.5 Å². The van der Waals surface area contributed by atoms with Crippen LogP contribution in [0.1, 0.15) is 43.0 Å². The molecule has 1 fully saturated rings. The number of benzene rings is 1. The number of rotatable bonds is 4. The summed E-state index contributed by atoms with van der Waals surface area (Å²) in [5.74, 6) is 0.219. The molecule has 1 amide bonds. The first-order chi connectivity index (χ1) is 9.61. The van der Waals surface area contributed by atoms with Crippen molar-refractivity contribution in [2.45, 2.75) is 43.5 Å². The molecule has 1 unspecified atom stereocenters. The smallest absolute Gasteiger partial charge is 0.254 e. The summed E-state index contributed by atoms with van der Waals surface area (Å²) in [7, 11) is 0. The maximum atomic E-state index is 12.6. The van der Waals surface area contributed by atoms with Crippen molar-refractivity contribution in [2.75, 3.05) is 12.8 Å². The molecule has 20 heavy (non-hydrogen) atoms. The third-order valence-electron chi connectivity index (χ3n) is 3.75. The van der Waals surface area contributed by atoms with E-state index in [1.54, 1.807) is 18.7 Å². The molecule has 1 heterocycles. The molecule has 1 saturated heterocycles. The highest BCUT2D eigenvalue weighted by Crippen LogP contribution is 2.23. The number of Topliss-reactive ketones (excluding diaryl/α,β-unsaturated/α-hetero) is 1. The van der Waals surface area contributed by atoms with Gasteiger partial charge in [0.2, 0.25) is 0 Å². The van der Waals surface area contributed by atoms with Crippen LogP contribution < -0.4 is 0 Å². The van der Waals surface area contributed by atoms with Crippen LogP contribution in [-0.4, -0.2) is 35.4 Å². The number of carbonyl (C=O) groups is 2. The number of piperidine rings is 1. The number of hydrogen-bond acceptors (Lipinski definition) is 3. The minimum atomic E-state index is 0.0589. The van der Waals surface area contributed by atoms with Crippen LogP contribution >= 0.6 is 11.8 Å². The van der Waals surface area contributed by atoms with E-state index in [0.29, 0.717) is 6.42 Å². The fraction of sp³-hybridized carbons (Fsp3) is 0.500. The lowest BCUT2D eigenvalue weighted by atomic mass is 9.97. The van der Waals surface area contributed by atoms with Gasteiger partial charge in [0.05, 0.1) is 0 Å². The highest BCUT2D eigenvalue weighted by Gasteiger charge is 2.28. The number of amides is 1. The Morgan fingerprint density at radius 1 is 1.25 bits per heavy atom. The molecule has 1 aliphatic rings. The van der Waals surface area contributed by atoms with Crippen LogP contribution in [0, 0.1) is 0 Å². The van der Waals surface area contributed by atoms with Crippen molar-refractivity contribution in [3.63, 3.8) is 0 Å². The fourth-order valence-corrected chi connectivity index (χ4v) is 3.12. The molecule has 1 aliphatic heterocycles. The largest absolute Gasteiger partial charge is 0.335 e.